The van der Waals surface area contributed by atoms with Gasteiger partial charge in [-0.25, -0.2) is 0 Å². The minimum absolute atomic E-state index is 0.00601. The second-order valence-corrected chi connectivity index (χ2v) is 6.19. The summed E-state index contributed by atoms with van der Waals surface area (Å²) in [6, 6.07) is 9.35. The van der Waals surface area contributed by atoms with Gasteiger partial charge in [0, 0.05) is 17.6 Å². The molecule has 1 aliphatic rings. The Hall–Kier alpha value is -1.43. The van der Waals surface area contributed by atoms with Gasteiger partial charge in [0.25, 0.3) is 0 Å². The van der Waals surface area contributed by atoms with Crippen LogP contribution in [0.1, 0.15) is 26.2 Å². The van der Waals surface area contributed by atoms with Crippen LogP contribution in [-0.2, 0) is 4.79 Å². The number of likely N-dealkylation sites (tertiary alicyclic amines) is 1. The van der Waals surface area contributed by atoms with Gasteiger partial charge >= 0.3 is 0 Å². The summed E-state index contributed by atoms with van der Waals surface area (Å²) in [6.07, 6.45) is 1.88. The summed E-state index contributed by atoms with van der Waals surface area (Å²) in [5, 5.41) is 22.9. The Balaban J connectivity index is 1.87. The predicted octanol–water partition coefficient (Wildman–Crippen LogP) is 1.47. The molecule has 0 bridgehead atoms. The molecule has 122 valence electrons. The molecule has 0 radical (unpaired) electrons. The van der Waals surface area contributed by atoms with E-state index in [1.54, 1.807) is 0 Å². The summed E-state index contributed by atoms with van der Waals surface area (Å²) in [7, 11) is 0. The number of nitrogens with zero attached hydrogens (tertiary/aromatic N) is 1. The summed E-state index contributed by atoms with van der Waals surface area (Å²) in [5.74, 6) is -0.0783. The summed E-state index contributed by atoms with van der Waals surface area (Å²) >= 11 is 0. The second kappa shape index (κ2) is 7.72. The van der Waals surface area contributed by atoms with E-state index in [1.165, 1.54) is 0 Å². The molecule has 0 aromatic heterocycles. The van der Waals surface area contributed by atoms with Gasteiger partial charge in [-0.3, -0.25) is 9.69 Å². The summed E-state index contributed by atoms with van der Waals surface area (Å²) in [5.41, 5.74) is 0.377. The Morgan fingerprint density at radius 1 is 1.41 bits per heavy atom. The zero-order chi connectivity index (χ0) is 16.0. The van der Waals surface area contributed by atoms with Gasteiger partial charge in [-0.1, -0.05) is 31.5 Å². The van der Waals surface area contributed by atoms with Crippen LogP contribution in [0.25, 0.3) is 0 Å². The normalized spacial score (nSPS) is 25.9. The van der Waals surface area contributed by atoms with E-state index in [0.717, 1.165) is 31.5 Å². The number of aliphatic hydroxyl groups excluding tert-OH is 2. The fraction of sp³-hybridized carbons (Fsp3) is 0.588. The summed E-state index contributed by atoms with van der Waals surface area (Å²) < 4.78 is 0. The molecule has 0 aliphatic carbocycles. The smallest absolute Gasteiger partial charge is 0.238 e. The standard InChI is InChI=1S/C17H26N2O3/c1-2-8-17(13-20)9-10-19(11-15(17)21)12-16(22)18-14-6-4-3-5-7-14/h3-7,15,20-21H,2,8-13H2,1H3,(H,18,22)/t15-,17-/m1/s1. The van der Waals surface area contributed by atoms with Gasteiger partial charge < -0.3 is 15.5 Å². The molecule has 3 N–H and O–H groups in total. The van der Waals surface area contributed by atoms with Gasteiger partial charge in [-0.15, -0.1) is 0 Å². The lowest BCUT2D eigenvalue weighted by Crippen LogP contribution is -2.54. The maximum Gasteiger partial charge on any atom is 0.238 e. The van der Waals surface area contributed by atoms with Crippen molar-refractivity contribution in [3.63, 3.8) is 0 Å². The average molecular weight is 306 g/mol. The zero-order valence-corrected chi connectivity index (χ0v) is 13.2. The van der Waals surface area contributed by atoms with Crippen molar-refractivity contribution in [2.24, 2.45) is 5.41 Å². The van der Waals surface area contributed by atoms with Crippen LogP contribution in [-0.4, -0.2) is 53.4 Å². The van der Waals surface area contributed by atoms with Crippen LogP contribution in [0.15, 0.2) is 30.3 Å². The quantitative estimate of drug-likeness (QED) is 0.744. The highest BCUT2D eigenvalue weighted by molar-refractivity contribution is 5.92. The lowest BCUT2D eigenvalue weighted by Gasteiger charge is -2.44. The van der Waals surface area contributed by atoms with Gasteiger partial charge in [-0.05, 0) is 31.5 Å². The summed E-state index contributed by atoms with van der Waals surface area (Å²) in [6.45, 7) is 3.48. The molecule has 1 aliphatic heterocycles. The van der Waals surface area contributed by atoms with E-state index in [0.29, 0.717) is 6.54 Å². The Kier molecular flexibility index (Phi) is 5.94. The predicted molar refractivity (Wildman–Crippen MR) is 86.6 cm³/mol. The van der Waals surface area contributed by atoms with Crippen molar-refractivity contribution < 1.29 is 15.0 Å². The van der Waals surface area contributed by atoms with E-state index in [-0.39, 0.29) is 19.1 Å². The van der Waals surface area contributed by atoms with Crippen molar-refractivity contribution in [1.82, 2.24) is 4.90 Å². The number of amides is 1. The number of β-amino-alcohol motifs (C(OH)–C–C–N with tert-alkyl or cyclic N) is 1. The second-order valence-electron chi connectivity index (χ2n) is 6.19. The SMILES string of the molecule is CCC[C@]1(CO)CCN(CC(=O)Nc2ccccc2)C[C@H]1O. The van der Waals surface area contributed by atoms with Crippen LogP contribution in [0.5, 0.6) is 0 Å². The van der Waals surface area contributed by atoms with Gasteiger partial charge in [0.15, 0.2) is 0 Å². The molecule has 1 aromatic carbocycles. The molecule has 1 amide bonds. The van der Waals surface area contributed by atoms with Crippen LogP contribution in [0.2, 0.25) is 0 Å². The lowest BCUT2D eigenvalue weighted by atomic mass is 9.73. The van der Waals surface area contributed by atoms with Crippen LogP contribution in [0, 0.1) is 5.41 Å². The van der Waals surface area contributed by atoms with E-state index in [2.05, 4.69) is 12.2 Å². The number of nitrogens with one attached hydrogen (secondary N) is 1. The van der Waals surface area contributed by atoms with Gasteiger partial charge in [0.1, 0.15) is 0 Å². The fourth-order valence-electron chi connectivity index (χ4n) is 3.20. The Bertz CT molecular complexity index is 480. The number of carbonyl (C=O) groups excluding carboxylic acids is 1. The Labute approximate surface area is 131 Å². The highest BCUT2D eigenvalue weighted by Gasteiger charge is 2.41. The first-order valence-electron chi connectivity index (χ1n) is 7.96. The van der Waals surface area contributed by atoms with Crippen molar-refractivity contribution in [2.45, 2.75) is 32.3 Å². The number of benzene rings is 1. The van der Waals surface area contributed by atoms with Gasteiger partial charge in [0.2, 0.25) is 5.91 Å². The van der Waals surface area contributed by atoms with Gasteiger partial charge in [-0.2, -0.15) is 0 Å². The number of hydrogen-bond acceptors (Lipinski definition) is 4. The first kappa shape index (κ1) is 16.9. The van der Waals surface area contributed by atoms with Crippen molar-refractivity contribution in [3.8, 4) is 0 Å². The van der Waals surface area contributed by atoms with Crippen LogP contribution in [0.4, 0.5) is 5.69 Å². The first-order chi connectivity index (χ1) is 10.6. The van der Waals surface area contributed by atoms with E-state index >= 15 is 0 Å². The number of para-hydroxylation sites is 1. The average Bonchev–Trinajstić information content (AvgIpc) is 2.51. The highest BCUT2D eigenvalue weighted by Crippen LogP contribution is 2.35. The fourth-order valence-corrected chi connectivity index (χ4v) is 3.20. The third-order valence-corrected chi connectivity index (χ3v) is 4.55. The third-order valence-electron chi connectivity index (χ3n) is 4.55. The van der Waals surface area contributed by atoms with Crippen LogP contribution in [0.3, 0.4) is 0 Å². The Morgan fingerprint density at radius 2 is 2.14 bits per heavy atom. The zero-order valence-electron chi connectivity index (χ0n) is 13.2. The third kappa shape index (κ3) is 4.06. The minimum Gasteiger partial charge on any atom is -0.396 e. The molecule has 1 aromatic rings. The van der Waals surface area contributed by atoms with Crippen molar-refractivity contribution in [1.29, 1.82) is 0 Å². The largest absolute Gasteiger partial charge is 0.396 e. The molecule has 1 fully saturated rings. The van der Waals surface area contributed by atoms with Crippen molar-refractivity contribution >= 4 is 11.6 Å². The number of rotatable bonds is 6. The first-order valence-corrected chi connectivity index (χ1v) is 7.96. The maximum atomic E-state index is 12.1. The number of carbonyl (C=O) groups is 1. The van der Waals surface area contributed by atoms with Crippen molar-refractivity contribution in [2.75, 3.05) is 31.6 Å². The number of aliphatic hydroxyl groups is 2. The van der Waals surface area contributed by atoms with E-state index in [9.17, 15) is 15.0 Å². The summed E-state index contributed by atoms with van der Waals surface area (Å²) in [4.78, 5) is 14.0. The molecule has 2 atom stereocenters. The molecule has 0 saturated carbocycles. The van der Waals surface area contributed by atoms with Crippen LogP contribution < -0.4 is 5.32 Å². The maximum absolute atomic E-state index is 12.1. The highest BCUT2D eigenvalue weighted by atomic mass is 16.3. The lowest BCUT2D eigenvalue weighted by molar-refractivity contribution is -0.121. The molecule has 22 heavy (non-hydrogen) atoms. The number of piperidine rings is 1. The minimum atomic E-state index is -0.587. The van der Waals surface area contributed by atoms with E-state index in [4.69, 9.17) is 0 Å². The molecule has 5 nitrogen and oxygen atoms in total. The van der Waals surface area contributed by atoms with Gasteiger partial charge in [0.05, 0.1) is 19.3 Å². The Morgan fingerprint density at radius 3 is 2.73 bits per heavy atom. The molecule has 5 heteroatoms. The molecule has 1 heterocycles. The van der Waals surface area contributed by atoms with Crippen molar-refractivity contribution in [3.05, 3.63) is 30.3 Å². The number of anilines is 1. The molecule has 0 spiro atoms. The molecule has 0 unspecified atom stereocenters. The molecular weight excluding hydrogens is 280 g/mol. The molecule has 1 saturated heterocycles. The molecule has 2 rings (SSSR count). The number of hydrogen-bond donors (Lipinski definition) is 3. The van der Waals surface area contributed by atoms with E-state index < -0.39 is 11.5 Å². The molecular formula is C17H26N2O3. The monoisotopic (exact) mass is 306 g/mol. The van der Waals surface area contributed by atoms with E-state index in [1.807, 2.05) is 35.2 Å². The van der Waals surface area contributed by atoms with Crippen LogP contribution >= 0.6 is 0 Å². The topological polar surface area (TPSA) is 72.8 Å².